The lowest BCUT2D eigenvalue weighted by molar-refractivity contribution is 0.102. The zero-order valence-electron chi connectivity index (χ0n) is 15.9. The summed E-state index contributed by atoms with van der Waals surface area (Å²) in [4.78, 5) is 17.9. The van der Waals surface area contributed by atoms with Crippen LogP contribution >= 0.6 is 23.4 Å². The van der Waals surface area contributed by atoms with Crippen LogP contribution in [0.1, 0.15) is 36.0 Å². The van der Waals surface area contributed by atoms with Crippen LogP contribution in [0.5, 0.6) is 0 Å². The van der Waals surface area contributed by atoms with Crippen molar-refractivity contribution in [3.63, 3.8) is 0 Å². The molecule has 0 unspecified atom stereocenters. The lowest BCUT2D eigenvalue weighted by Crippen LogP contribution is -2.30. The van der Waals surface area contributed by atoms with Crippen molar-refractivity contribution in [3.05, 3.63) is 53.1 Å². The Bertz CT molecular complexity index is 1020. The smallest absolute Gasteiger partial charge is 0.262 e. The Morgan fingerprint density at radius 3 is 2.59 bits per heavy atom. The van der Waals surface area contributed by atoms with Crippen LogP contribution in [0, 0.1) is 0 Å². The summed E-state index contributed by atoms with van der Waals surface area (Å²) in [5.74, 6) is 0.149. The zero-order valence-corrected chi connectivity index (χ0v) is 18.3. The van der Waals surface area contributed by atoms with E-state index in [1.165, 1.54) is 23.9 Å². The average molecular weight is 452 g/mol. The van der Waals surface area contributed by atoms with E-state index >= 15 is 0 Å². The fraction of sp³-hybridized carbons (Fsp3) is 0.300. The maximum atomic E-state index is 12.6. The van der Waals surface area contributed by atoms with Crippen molar-refractivity contribution in [2.24, 2.45) is 4.99 Å². The van der Waals surface area contributed by atoms with Gasteiger partial charge in [0.2, 0.25) is 0 Å². The molecule has 9 heteroatoms. The molecule has 2 aromatic rings. The fourth-order valence-electron chi connectivity index (χ4n) is 2.89. The number of anilines is 1. The first-order valence-corrected chi connectivity index (χ1v) is 12.3. The van der Waals surface area contributed by atoms with Gasteiger partial charge >= 0.3 is 0 Å². The van der Waals surface area contributed by atoms with Crippen LogP contribution in [-0.4, -0.2) is 33.0 Å². The second kappa shape index (κ2) is 9.65. The second-order valence-corrected chi connectivity index (χ2v) is 9.54. The van der Waals surface area contributed by atoms with Crippen molar-refractivity contribution in [2.75, 3.05) is 18.1 Å². The molecule has 6 nitrogen and oxygen atoms in total. The summed E-state index contributed by atoms with van der Waals surface area (Å²) in [6, 6.07) is 11.2. The van der Waals surface area contributed by atoms with Gasteiger partial charge in [-0.05, 0) is 61.6 Å². The summed E-state index contributed by atoms with van der Waals surface area (Å²) < 4.78 is 27.7. The number of benzene rings is 2. The van der Waals surface area contributed by atoms with Gasteiger partial charge in [0.05, 0.1) is 15.5 Å². The first kappa shape index (κ1) is 21.7. The Morgan fingerprint density at radius 2 is 1.86 bits per heavy atom. The molecule has 2 N–H and O–H groups in total. The Hall–Kier alpha value is -2.03. The highest BCUT2D eigenvalue weighted by Gasteiger charge is 2.18. The van der Waals surface area contributed by atoms with Gasteiger partial charge in [-0.1, -0.05) is 18.0 Å². The van der Waals surface area contributed by atoms with E-state index in [1.54, 1.807) is 24.3 Å². The van der Waals surface area contributed by atoms with Gasteiger partial charge in [-0.15, -0.1) is 11.8 Å². The molecule has 0 bridgehead atoms. The topological polar surface area (TPSA) is 87.6 Å². The van der Waals surface area contributed by atoms with Crippen LogP contribution in [0.3, 0.4) is 0 Å². The number of nitrogens with one attached hydrogen (secondary N) is 2. The highest BCUT2D eigenvalue weighted by atomic mass is 35.5. The number of carbonyl (C=O) groups is 1. The first-order chi connectivity index (χ1) is 13.9. The van der Waals surface area contributed by atoms with Gasteiger partial charge in [-0.2, -0.15) is 0 Å². The maximum absolute atomic E-state index is 12.6. The molecular formula is C20H22ClN3O3S2. The molecule has 0 aromatic heterocycles. The standard InChI is InChI=1S/C20H22ClN3O3S2/c1-28-15-8-11-18(21)17(13-15)20(25)23-14-6-9-16(10-7-14)29(26,27)24-19-5-3-2-4-12-22-19/h6-11,13H,2-5,12H2,1H3,(H,22,24)(H,23,25). The SMILES string of the molecule is CSc1ccc(Cl)c(C(=O)Nc2ccc(S(=O)(=O)NC3=NCCCCC3)cc2)c1. The van der Waals surface area contributed by atoms with E-state index in [0.717, 1.165) is 24.2 Å². The summed E-state index contributed by atoms with van der Waals surface area (Å²) in [7, 11) is -3.71. The van der Waals surface area contributed by atoms with E-state index in [0.29, 0.717) is 35.1 Å². The van der Waals surface area contributed by atoms with Crippen LogP contribution in [-0.2, 0) is 10.0 Å². The Morgan fingerprint density at radius 1 is 1.10 bits per heavy atom. The van der Waals surface area contributed by atoms with Gasteiger partial charge in [-0.25, -0.2) is 8.42 Å². The minimum absolute atomic E-state index is 0.116. The van der Waals surface area contributed by atoms with Crippen molar-refractivity contribution in [1.29, 1.82) is 0 Å². The molecule has 1 aliphatic heterocycles. The van der Waals surface area contributed by atoms with Crippen LogP contribution < -0.4 is 10.0 Å². The summed E-state index contributed by atoms with van der Waals surface area (Å²) in [5, 5.41) is 3.10. The number of carbonyl (C=O) groups excluding carboxylic acids is 1. The molecule has 3 rings (SSSR count). The monoisotopic (exact) mass is 451 g/mol. The molecule has 0 atom stereocenters. The number of halogens is 1. The molecule has 0 saturated carbocycles. The van der Waals surface area contributed by atoms with Crippen LogP contribution in [0.25, 0.3) is 0 Å². The third kappa shape index (κ3) is 5.74. The highest BCUT2D eigenvalue weighted by molar-refractivity contribution is 7.98. The Balaban J connectivity index is 1.71. The lowest BCUT2D eigenvalue weighted by atomic mass is 10.2. The molecule has 0 saturated heterocycles. The molecule has 2 aromatic carbocycles. The van der Waals surface area contributed by atoms with E-state index in [4.69, 9.17) is 11.6 Å². The number of amidine groups is 1. The van der Waals surface area contributed by atoms with E-state index in [2.05, 4.69) is 15.0 Å². The van der Waals surface area contributed by atoms with E-state index in [1.807, 2.05) is 12.3 Å². The van der Waals surface area contributed by atoms with E-state index in [9.17, 15) is 13.2 Å². The lowest BCUT2D eigenvalue weighted by Gasteiger charge is -2.11. The molecule has 0 fully saturated rings. The van der Waals surface area contributed by atoms with Gasteiger partial charge in [0, 0.05) is 23.5 Å². The van der Waals surface area contributed by atoms with E-state index in [-0.39, 0.29) is 10.8 Å². The Kier molecular flexibility index (Phi) is 7.21. The third-order valence-electron chi connectivity index (χ3n) is 4.47. The summed E-state index contributed by atoms with van der Waals surface area (Å²) >= 11 is 7.65. The van der Waals surface area contributed by atoms with Crippen molar-refractivity contribution in [2.45, 2.75) is 35.5 Å². The van der Waals surface area contributed by atoms with Gasteiger partial charge in [0.1, 0.15) is 5.84 Å². The minimum Gasteiger partial charge on any atom is -0.322 e. The summed E-state index contributed by atoms with van der Waals surface area (Å²) in [6.45, 7) is 0.642. The number of rotatable bonds is 5. The zero-order chi connectivity index (χ0) is 20.9. The molecule has 0 spiro atoms. The van der Waals surface area contributed by atoms with Gasteiger partial charge < -0.3 is 5.32 Å². The summed E-state index contributed by atoms with van der Waals surface area (Å²) in [5.41, 5.74) is 0.842. The van der Waals surface area contributed by atoms with Gasteiger partial charge in [-0.3, -0.25) is 14.5 Å². The van der Waals surface area contributed by atoms with Gasteiger partial charge in [0.15, 0.2) is 0 Å². The van der Waals surface area contributed by atoms with Crippen molar-refractivity contribution >= 4 is 50.8 Å². The molecule has 154 valence electrons. The van der Waals surface area contributed by atoms with Gasteiger partial charge in [0.25, 0.3) is 15.9 Å². The number of sulfonamides is 1. The molecule has 1 aliphatic rings. The van der Waals surface area contributed by atoms with Crippen LogP contribution in [0.4, 0.5) is 5.69 Å². The molecule has 0 radical (unpaired) electrons. The number of aliphatic imine (C=N–C) groups is 1. The quantitative estimate of drug-likeness (QED) is 0.652. The van der Waals surface area contributed by atoms with Crippen molar-refractivity contribution in [3.8, 4) is 0 Å². The first-order valence-electron chi connectivity index (χ1n) is 9.20. The predicted molar refractivity (Wildman–Crippen MR) is 119 cm³/mol. The predicted octanol–water partition coefficient (Wildman–Crippen LogP) is 4.57. The maximum Gasteiger partial charge on any atom is 0.262 e. The van der Waals surface area contributed by atoms with Crippen LogP contribution in [0.2, 0.25) is 5.02 Å². The van der Waals surface area contributed by atoms with E-state index < -0.39 is 10.0 Å². The summed E-state index contributed by atoms with van der Waals surface area (Å²) in [6.07, 6.45) is 5.49. The van der Waals surface area contributed by atoms with Crippen molar-refractivity contribution in [1.82, 2.24) is 4.72 Å². The molecule has 29 heavy (non-hydrogen) atoms. The largest absolute Gasteiger partial charge is 0.322 e. The van der Waals surface area contributed by atoms with Crippen molar-refractivity contribution < 1.29 is 13.2 Å². The second-order valence-electron chi connectivity index (χ2n) is 6.57. The van der Waals surface area contributed by atoms with Crippen LogP contribution in [0.15, 0.2) is 57.2 Å². The molecular weight excluding hydrogens is 430 g/mol. The normalized spacial score (nSPS) is 14.6. The number of hydrogen-bond donors (Lipinski definition) is 2. The minimum atomic E-state index is -3.71. The number of thioether (sulfide) groups is 1. The highest BCUT2D eigenvalue weighted by Crippen LogP contribution is 2.24. The molecule has 1 amide bonds. The molecule has 0 aliphatic carbocycles. The average Bonchev–Trinajstić information content (AvgIpc) is 2.97. The number of nitrogens with zero attached hydrogens (tertiary/aromatic N) is 1. The number of hydrogen-bond acceptors (Lipinski definition) is 5. The fourth-order valence-corrected chi connectivity index (χ4v) is 4.62. The number of amides is 1. The Labute approximate surface area is 180 Å². The molecule has 1 heterocycles. The third-order valence-corrected chi connectivity index (χ3v) is 6.92.